The smallest absolute Gasteiger partial charge is 0.255 e. The molecule has 0 bridgehead atoms. The Kier molecular flexibility index (Phi) is 6.87. The summed E-state index contributed by atoms with van der Waals surface area (Å²) in [7, 11) is 0. The molecule has 0 aromatic heterocycles. The molecule has 0 saturated heterocycles. The fourth-order valence-corrected chi connectivity index (χ4v) is 4.37. The zero-order chi connectivity index (χ0) is 22.5. The molecule has 3 aromatic carbocycles. The van der Waals surface area contributed by atoms with Crippen LogP contribution >= 0.6 is 23.4 Å². The van der Waals surface area contributed by atoms with Crippen molar-refractivity contribution in [1.29, 1.82) is 0 Å². The van der Waals surface area contributed by atoms with Crippen LogP contribution in [0.1, 0.15) is 23.7 Å². The minimum Gasteiger partial charge on any atom is -0.454 e. The van der Waals surface area contributed by atoms with Gasteiger partial charge in [-0.15, -0.1) is 11.8 Å². The minimum atomic E-state index is -0.306. The highest BCUT2D eigenvalue weighted by Gasteiger charge is 2.20. The van der Waals surface area contributed by atoms with Crippen LogP contribution in [0, 0.1) is 0 Å². The Morgan fingerprint density at radius 3 is 2.56 bits per heavy atom. The fourth-order valence-electron chi connectivity index (χ4n) is 3.16. The summed E-state index contributed by atoms with van der Waals surface area (Å²) >= 11 is 7.41. The molecule has 0 saturated carbocycles. The highest BCUT2D eigenvalue weighted by molar-refractivity contribution is 8.00. The van der Waals surface area contributed by atoms with E-state index < -0.39 is 0 Å². The van der Waals surface area contributed by atoms with Crippen molar-refractivity contribution in [2.45, 2.75) is 23.5 Å². The molecule has 1 atom stereocenters. The van der Waals surface area contributed by atoms with Crippen molar-refractivity contribution in [3.8, 4) is 11.5 Å². The minimum absolute atomic E-state index is 0.107. The molecular formula is C24H21ClN2O4S. The summed E-state index contributed by atoms with van der Waals surface area (Å²) in [5.74, 6) is 0.930. The molecule has 0 spiro atoms. The van der Waals surface area contributed by atoms with Crippen LogP contribution in [0.4, 0.5) is 11.4 Å². The maximum Gasteiger partial charge on any atom is 0.255 e. The zero-order valence-corrected chi connectivity index (χ0v) is 18.8. The fraction of sp³-hybridized carbons (Fsp3) is 0.167. The topological polar surface area (TPSA) is 76.7 Å². The number of benzene rings is 3. The van der Waals surface area contributed by atoms with E-state index in [1.165, 1.54) is 11.8 Å². The molecule has 4 rings (SSSR count). The summed E-state index contributed by atoms with van der Waals surface area (Å²) in [5, 5.41) is 6.01. The number of anilines is 2. The zero-order valence-electron chi connectivity index (χ0n) is 17.3. The van der Waals surface area contributed by atoms with Crippen molar-refractivity contribution in [2.24, 2.45) is 0 Å². The second-order valence-electron chi connectivity index (χ2n) is 7.06. The van der Waals surface area contributed by atoms with E-state index in [1.54, 1.807) is 48.5 Å². The van der Waals surface area contributed by atoms with E-state index in [1.807, 2.05) is 25.1 Å². The number of rotatable bonds is 7. The second kappa shape index (κ2) is 9.97. The van der Waals surface area contributed by atoms with Gasteiger partial charge in [-0.1, -0.05) is 30.7 Å². The molecule has 0 fully saturated rings. The summed E-state index contributed by atoms with van der Waals surface area (Å²) < 4.78 is 10.7. The molecule has 0 radical (unpaired) electrons. The lowest BCUT2D eigenvalue weighted by atomic mass is 10.2. The van der Waals surface area contributed by atoms with Crippen molar-refractivity contribution < 1.29 is 19.1 Å². The van der Waals surface area contributed by atoms with Gasteiger partial charge in [0.2, 0.25) is 12.7 Å². The van der Waals surface area contributed by atoms with Gasteiger partial charge in [0.15, 0.2) is 11.5 Å². The summed E-state index contributed by atoms with van der Waals surface area (Å²) in [6, 6.07) is 19.5. The van der Waals surface area contributed by atoms with E-state index in [0.29, 0.717) is 39.9 Å². The first kappa shape index (κ1) is 22.0. The number of fused-ring (bicyclic) bond motifs is 1. The lowest BCUT2D eigenvalue weighted by Gasteiger charge is -2.16. The van der Waals surface area contributed by atoms with Crippen LogP contribution in [-0.2, 0) is 4.79 Å². The van der Waals surface area contributed by atoms with Gasteiger partial charge >= 0.3 is 0 Å². The number of hydrogen-bond donors (Lipinski definition) is 2. The molecule has 164 valence electrons. The number of carbonyl (C=O) groups is 2. The summed E-state index contributed by atoms with van der Waals surface area (Å²) in [5.41, 5.74) is 1.77. The SMILES string of the molecule is CCC(Sc1cccc(NC(=O)c2cccc(Cl)c2)c1)C(=O)Nc1ccc2c(c1)OCO2. The van der Waals surface area contributed by atoms with Crippen molar-refractivity contribution in [2.75, 3.05) is 17.4 Å². The van der Waals surface area contributed by atoms with E-state index in [4.69, 9.17) is 21.1 Å². The van der Waals surface area contributed by atoms with Crippen LogP contribution in [0.3, 0.4) is 0 Å². The molecule has 1 aliphatic heterocycles. The van der Waals surface area contributed by atoms with Gasteiger partial charge in [0.25, 0.3) is 5.91 Å². The van der Waals surface area contributed by atoms with Gasteiger partial charge in [0.05, 0.1) is 5.25 Å². The largest absolute Gasteiger partial charge is 0.454 e. The third-order valence-electron chi connectivity index (χ3n) is 4.76. The Balaban J connectivity index is 1.40. The highest BCUT2D eigenvalue weighted by atomic mass is 35.5. The Hall–Kier alpha value is -3.16. The molecule has 1 unspecified atom stereocenters. The predicted molar refractivity (Wildman–Crippen MR) is 127 cm³/mol. The number of hydrogen-bond acceptors (Lipinski definition) is 5. The van der Waals surface area contributed by atoms with Gasteiger partial charge in [-0.3, -0.25) is 9.59 Å². The number of thioether (sulfide) groups is 1. The molecular weight excluding hydrogens is 448 g/mol. The average Bonchev–Trinajstić information content (AvgIpc) is 3.25. The molecule has 1 aliphatic rings. The number of carbonyl (C=O) groups excluding carboxylic acids is 2. The first-order valence-corrected chi connectivity index (χ1v) is 11.3. The van der Waals surface area contributed by atoms with Crippen LogP contribution in [0.25, 0.3) is 0 Å². The molecule has 6 nitrogen and oxygen atoms in total. The van der Waals surface area contributed by atoms with Crippen LogP contribution in [0.2, 0.25) is 5.02 Å². The van der Waals surface area contributed by atoms with Gasteiger partial charge < -0.3 is 20.1 Å². The van der Waals surface area contributed by atoms with E-state index in [9.17, 15) is 9.59 Å². The van der Waals surface area contributed by atoms with Crippen LogP contribution in [-0.4, -0.2) is 23.9 Å². The molecule has 0 aliphatic carbocycles. The van der Waals surface area contributed by atoms with Crippen molar-refractivity contribution >= 4 is 46.6 Å². The van der Waals surface area contributed by atoms with Gasteiger partial charge in [-0.25, -0.2) is 0 Å². The number of nitrogens with one attached hydrogen (secondary N) is 2. The van der Waals surface area contributed by atoms with E-state index in [0.717, 1.165) is 4.90 Å². The lowest BCUT2D eigenvalue weighted by molar-refractivity contribution is -0.115. The maximum absolute atomic E-state index is 12.8. The molecule has 2 amide bonds. The van der Waals surface area contributed by atoms with Crippen LogP contribution in [0.5, 0.6) is 11.5 Å². The van der Waals surface area contributed by atoms with Crippen molar-refractivity contribution in [3.63, 3.8) is 0 Å². The third kappa shape index (κ3) is 5.36. The standard InChI is InChI=1S/C24H21ClN2O4S/c1-2-22(24(29)27-18-9-10-20-21(13-18)31-14-30-20)32-19-8-4-7-17(12-19)26-23(28)15-5-3-6-16(25)11-15/h3-13,22H,2,14H2,1H3,(H,26,28)(H,27,29). The predicted octanol–water partition coefficient (Wildman–Crippen LogP) is 5.83. The maximum atomic E-state index is 12.8. The van der Waals surface area contributed by atoms with E-state index >= 15 is 0 Å². The van der Waals surface area contributed by atoms with Crippen LogP contribution < -0.4 is 20.1 Å². The Morgan fingerprint density at radius 1 is 0.969 bits per heavy atom. The monoisotopic (exact) mass is 468 g/mol. The van der Waals surface area contributed by atoms with Gasteiger partial charge in [-0.2, -0.15) is 0 Å². The first-order valence-electron chi connectivity index (χ1n) is 10.1. The highest BCUT2D eigenvalue weighted by Crippen LogP contribution is 2.35. The Morgan fingerprint density at radius 2 is 1.75 bits per heavy atom. The second-order valence-corrected chi connectivity index (χ2v) is 8.78. The van der Waals surface area contributed by atoms with Gasteiger partial charge in [0, 0.05) is 32.9 Å². The van der Waals surface area contributed by atoms with E-state index in [2.05, 4.69) is 10.6 Å². The normalized spacial score (nSPS) is 12.8. The average molecular weight is 469 g/mol. The Labute approximate surface area is 195 Å². The summed E-state index contributed by atoms with van der Waals surface area (Å²) in [6.45, 7) is 2.14. The first-order chi connectivity index (χ1) is 15.5. The van der Waals surface area contributed by atoms with Gasteiger partial charge in [-0.05, 0) is 55.0 Å². The molecule has 32 heavy (non-hydrogen) atoms. The number of halogens is 1. The number of ether oxygens (including phenoxy) is 2. The van der Waals surface area contributed by atoms with Crippen molar-refractivity contribution in [3.05, 3.63) is 77.3 Å². The molecule has 2 N–H and O–H groups in total. The van der Waals surface area contributed by atoms with Crippen LogP contribution in [0.15, 0.2) is 71.6 Å². The third-order valence-corrected chi connectivity index (χ3v) is 6.35. The summed E-state index contributed by atoms with van der Waals surface area (Å²) in [4.78, 5) is 26.2. The molecule has 1 heterocycles. The summed E-state index contributed by atoms with van der Waals surface area (Å²) in [6.07, 6.45) is 0.639. The van der Waals surface area contributed by atoms with Gasteiger partial charge in [0.1, 0.15) is 0 Å². The van der Waals surface area contributed by atoms with Crippen molar-refractivity contribution in [1.82, 2.24) is 0 Å². The molecule has 8 heteroatoms. The van der Waals surface area contributed by atoms with E-state index in [-0.39, 0.29) is 23.9 Å². The Bertz CT molecular complexity index is 1150. The number of amides is 2. The quantitative estimate of drug-likeness (QED) is 0.426. The lowest BCUT2D eigenvalue weighted by Crippen LogP contribution is -2.24. The molecule has 3 aromatic rings.